The molecule has 10 heteroatoms. The van der Waals surface area contributed by atoms with Gasteiger partial charge in [0.2, 0.25) is 23.6 Å². The molecule has 2 aliphatic heterocycles. The monoisotopic (exact) mass is 654 g/mol. The third-order valence-electron chi connectivity index (χ3n) is 8.87. The Labute approximate surface area is 241 Å². The highest BCUT2D eigenvalue weighted by atomic mass is 79.9. The van der Waals surface area contributed by atoms with Crippen LogP contribution < -0.4 is 9.80 Å². The predicted octanol–water partition coefficient (Wildman–Crippen LogP) is 4.65. The van der Waals surface area contributed by atoms with Crippen LogP contribution in [0.15, 0.2) is 68.6 Å². The molecule has 3 fully saturated rings. The first kappa shape index (κ1) is 26.1. The second kappa shape index (κ2) is 8.96. The fraction of sp³-hybridized carbons (Fsp3) is 0.345. The number of allylic oxidation sites excluding steroid dienone is 1. The fourth-order valence-electron chi connectivity index (χ4n) is 7.55. The summed E-state index contributed by atoms with van der Waals surface area (Å²) in [6.45, 7) is 5.18. The van der Waals surface area contributed by atoms with Gasteiger partial charge in [-0.3, -0.25) is 19.2 Å². The number of hydrogen-bond donors (Lipinski definition) is 0. The lowest BCUT2D eigenvalue weighted by Gasteiger charge is -2.55. The van der Waals surface area contributed by atoms with Crippen molar-refractivity contribution >= 4 is 72.8 Å². The molecule has 2 bridgehead atoms. The van der Waals surface area contributed by atoms with Gasteiger partial charge in [-0.05, 0) is 70.0 Å². The molecule has 0 radical (unpaired) electrons. The Bertz CT molecular complexity index is 1440. The van der Waals surface area contributed by atoms with Gasteiger partial charge in [0.1, 0.15) is 0 Å². The summed E-state index contributed by atoms with van der Waals surface area (Å²) in [6.07, 6.45) is 0. The molecule has 2 unspecified atom stereocenters. The first-order valence-electron chi connectivity index (χ1n) is 12.7. The molecule has 0 aromatic heterocycles. The van der Waals surface area contributed by atoms with Crippen LogP contribution in [0.3, 0.4) is 0 Å². The zero-order valence-corrected chi connectivity index (χ0v) is 24.5. The number of rotatable bonds is 4. The zero-order valence-electron chi connectivity index (χ0n) is 21.3. The Kier molecular flexibility index (Phi) is 6.00. The number of carbonyl (C=O) groups is 5. The van der Waals surface area contributed by atoms with Gasteiger partial charge in [0.05, 0.1) is 41.7 Å². The number of hydrogen-bond acceptors (Lipinski definition) is 6. The molecule has 0 spiro atoms. The number of carbonyl (C=O) groups excluding carboxylic acids is 5. The Balaban J connectivity index is 1.57. The van der Waals surface area contributed by atoms with Gasteiger partial charge < -0.3 is 4.74 Å². The summed E-state index contributed by atoms with van der Waals surface area (Å²) in [7, 11) is 0. The maximum atomic E-state index is 14.2. The minimum Gasteiger partial charge on any atom is -0.463 e. The van der Waals surface area contributed by atoms with E-state index in [0.717, 1.165) is 9.80 Å². The van der Waals surface area contributed by atoms with Crippen LogP contribution >= 0.6 is 31.9 Å². The van der Waals surface area contributed by atoms with E-state index in [1.165, 1.54) is 0 Å². The summed E-state index contributed by atoms with van der Waals surface area (Å²) in [4.78, 5) is 72.3. The van der Waals surface area contributed by atoms with Crippen LogP contribution in [-0.4, -0.2) is 36.2 Å². The maximum Gasteiger partial charge on any atom is 0.334 e. The summed E-state index contributed by atoms with van der Waals surface area (Å²) in [5.74, 6) is -7.11. The SMILES string of the molecule is CCOC(=O)C1=C(C)C2[C@H]3C(=O)N(c4ccccc4Br)C(=O)[C@@H]3C1(C)[C@@H]1C(=O)N(c3ccccc3Br)C(=O)[C@@H]21. The average molecular weight is 656 g/mol. The van der Waals surface area contributed by atoms with Crippen LogP contribution in [0.2, 0.25) is 0 Å². The molecule has 4 amide bonds. The van der Waals surface area contributed by atoms with E-state index in [4.69, 9.17) is 4.74 Å². The first-order valence-corrected chi connectivity index (χ1v) is 14.3. The summed E-state index contributed by atoms with van der Waals surface area (Å²) >= 11 is 6.89. The lowest BCUT2D eigenvalue weighted by atomic mass is 9.43. The minimum absolute atomic E-state index is 0.102. The zero-order chi connectivity index (χ0) is 28.0. The Morgan fingerprint density at radius 1 is 0.795 bits per heavy atom. The molecule has 8 nitrogen and oxygen atoms in total. The molecular formula is C29H24Br2N2O6. The maximum absolute atomic E-state index is 14.2. The Morgan fingerprint density at radius 2 is 1.23 bits per heavy atom. The highest BCUT2D eigenvalue weighted by Crippen LogP contribution is 2.69. The highest BCUT2D eigenvalue weighted by Gasteiger charge is 2.77. The lowest BCUT2D eigenvalue weighted by Crippen LogP contribution is -2.61. The van der Waals surface area contributed by atoms with E-state index < -0.39 is 64.6 Å². The van der Waals surface area contributed by atoms with Gasteiger partial charge >= 0.3 is 5.97 Å². The highest BCUT2D eigenvalue weighted by molar-refractivity contribution is 9.11. The number of amides is 4. The molecule has 5 aliphatic rings. The van der Waals surface area contributed by atoms with Crippen LogP contribution in [0.4, 0.5) is 11.4 Å². The number of benzene rings is 2. The lowest BCUT2D eigenvalue weighted by molar-refractivity contribution is -0.155. The smallest absolute Gasteiger partial charge is 0.334 e. The Morgan fingerprint density at radius 3 is 1.64 bits per heavy atom. The van der Waals surface area contributed by atoms with Crippen LogP contribution in [-0.2, 0) is 28.7 Å². The van der Waals surface area contributed by atoms with Crippen molar-refractivity contribution in [3.8, 4) is 0 Å². The molecule has 2 aromatic rings. The van der Waals surface area contributed by atoms with Crippen molar-refractivity contribution in [2.45, 2.75) is 20.8 Å². The van der Waals surface area contributed by atoms with Crippen molar-refractivity contribution in [1.82, 2.24) is 0 Å². The number of nitrogens with zero attached hydrogens (tertiary/aromatic N) is 2. The van der Waals surface area contributed by atoms with Gasteiger partial charge in [0.25, 0.3) is 0 Å². The number of halogens is 2. The largest absolute Gasteiger partial charge is 0.463 e. The van der Waals surface area contributed by atoms with E-state index in [2.05, 4.69) is 31.9 Å². The quantitative estimate of drug-likeness (QED) is 0.351. The number of imide groups is 2. The molecule has 39 heavy (non-hydrogen) atoms. The van der Waals surface area contributed by atoms with E-state index in [-0.39, 0.29) is 12.2 Å². The Hall–Kier alpha value is -3.11. The van der Waals surface area contributed by atoms with Crippen LogP contribution in [0.5, 0.6) is 0 Å². The predicted molar refractivity (Wildman–Crippen MR) is 148 cm³/mol. The summed E-state index contributed by atoms with van der Waals surface area (Å²) in [6, 6.07) is 13.8. The number of para-hydroxylation sites is 2. The van der Waals surface area contributed by atoms with Crippen LogP contribution in [0.25, 0.3) is 0 Å². The molecule has 6 atom stereocenters. The van der Waals surface area contributed by atoms with Crippen molar-refractivity contribution < 1.29 is 28.7 Å². The van der Waals surface area contributed by atoms with Gasteiger partial charge in [0.15, 0.2) is 0 Å². The second-order valence-corrected chi connectivity index (χ2v) is 12.2. The second-order valence-electron chi connectivity index (χ2n) is 10.5. The normalized spacial score (nSPS) is 31.3. The minimum atomic E-state index is -1.44. The summed E-state index contributed by atoms with van der Waals surface area (Å²) in [5.41, 5.74) is 0.0907. The number of anilines is 2. The van der Waals surface area contributed by atoms with Crippen LogP contribution in [0, 0.1) is 35.0 Å². The topological polar surface area (TPSA) is 101 Å². The van der Waals surface area contributed by atoms with Gasteiger partial charge in [-0.25, -0.2) is 14.6 Å². The summed E-state index contributed by atoms with van der Waals surface area (Å²) in [5, 5.41) is 0. The third kappa shape index (κ3) is 3.24. The molecule has 2 saturated heterocycles. The number of esters is 1. The van der Waals surface area contributed by atoms with Gasteiger partial charge in [-0.15, -0.1) is 0 Å². The van der Waals surface area contributed by atoms with Crippen molar-refractivity contribution in [3.05, 3.63) is 68.6 Å². The molecule has 1 saturated carbocycles. The molecule has 3 aliphatic carbocycles. The average Bonchev–Trinajstić information content (AvgIpc) is 3.31. The molecule has 2 aromatic carbocycles. The fourth-order valence-corrected chi connectivity index (χ4v) is 8.47. The van der Waals surface area contributed by atoms with E-state index >= 15 is 0 Å². The molecule has 200 valence electrons. The third-order valence-corrected chi connectivity index (χ3v) is 10.2. The van der Waals surface area contributed by atoms with E-state index in [1.54, 1.807) is 69.3 Å². The van der Waals surface area contributed by atoms with Crippen molar-refractivity contribution in [1.29, 1.82) is 0 Å². The summed E-state index contributed by atoms with van der Waals surface area (Å²) < 4.78 is 6.54. The van der Waals surface area contributed by atoms with Crippen molar-refractivity contribution in [3.63, 3.8) is 0 Å². The molecular weight excluding hydrogens is 632 g/mol. The van der Waals surface area contributed by atoms with Gasteiger partial charge in [-0.2, -0.15) is 0 Å². The van der Waals surface area contributed by atoms with E-state index in [9.17, 15) is 24.0 Å². The van der Waals surface area contributed by atoms with Gasteiger partial charge in [-0.1, -0.05) is 36.8 Å². The first-order chi connectivity index (χ1) is 18.6. The van der Waals surface area contributed by atoms with Gasteiger partial charge in [0, 0.05) is 25.9 Å². The van der Waals surface area contributed by atoms with Crippen molar-refractivity contribution in [2.24, 2.45) is 35.0 Å². The standard InChI is InChI=1S/C29H24Br2N2O6/c1-4-39-28(38)21-13(2)18-19-22(26(36)32(24(19)34)16-11-7-5-9-14(16)30)29(21,3)23-20(18)25(35)33(27(23)37)17-12-8-6-10-15(17)31/h5-12,18-20,22-23H,4H2,1-3H3/t18?,19-,20+,22-,23+,29?. The molecule has 2 heterocycles. The van der Waals surface area contributed by atoms with Crippen LogP contribution in [0.1, 0.15) is 20.8 Å². The van der Waals surface area contributed by atoms with E-state index in [0.29, 0.717) is 25.9 Å². The molecule has 7 rings (SSSR count). The number of ether oxygens (including phenoxy) is 1. The van der Waals surface area contributed by atoms with E-state index in [1.807, 2.05) is 0 Å². The van der Waals surface area contributed by atoms with Crippen molar-refractivity contribution in [2.75, 3.05) is 16.4 Å². The molecule has 0 N–H and O–H groups in total.